The Balaban J connectivity index is 2.16. The van der Waals surface area contributed by atoms with Crippen LogP contribution < -0.4 is 33.3 Å². The minimum atomic E-state index is -4.45. The van der Waals surface area contributed by atoms with E-state index in [2.05, 4.69) is 5.32 Å². The first-order valence-corrected chi connectivity index (χ1v) is 16.0. The quantitative estimate of drug-likeness (QED) is 0.242. The summed E-state index contributed by atoms with van der Waals surface area (Å²) in [5, 5.41) is 2.87. The van der Waals surface area contributed by atoms with E-state index in [1.54, 1.807) is 43.3 Å². The number of nitrogens with zero attached hydrogens (tertiary/aromatic N) is 2. The maximum Gasteiger partial charge on any atom is 0.265 e. The Morgan fingerprint density at radius 2 is 1.39 bits per heavy atom. The summed E-state index contributed by atoms with van der Waals surface area (Å²) in [5.41, 5.74) is 0.743. The van der Waals surface area contributed by atoms with Crippen LogP contribution in [0.2, 0.25) is 0 Å². The second kappa shape index (κ2) is 16.1. The smallest absolute Gasteiger partial charge is 0.265 e. The van der Waals surface area contributed by atoms with Crippen LogP contribution in [-0.2, 0) is 26.2 Å². The van der Waals surface area contributed by atoms with Crippen LogP contribution in [0.5, 0.6) is 28.7 Å². The molecule has 0 radical (unpaired) electrons. The zero-order chi connectivity index (χ0) is 34.0. The summed E-state index contributed by atoms with van der Waals surface area (Å²) >= 11 is 0. The van der Waals surface area contributed by atoms with Gasteiger partial charge in [0.2, 0.25) is 11.8 Å². The average Bonchev–Trinajstić information content (AvgIpc) is 3.07. The van der Waals surface area contributed by atoms with Crippen LogP contribution >= 0.6 is 0 Å². The van der Waals surface area contributed by atoms with Gasteiger partial charge in [-0.05, 0) is 54.8 Å². The molecule has 12 nitrogen and oxygen atoms in total. The first kappa shape index (κ1) is 35.8. The molecule has 0 saturated heterocycles. The molecular formula is C33H43N3O9S. The van der Waals surface area contributed by atoms with E-state index in [1.165, 1.54) is 64.7 Å². The monoisotopic (exact) mass is 657 g/mol. The third kappa shape index (κ3) is 8.53. The van der Waals surface area contributed by atoms with Crippen LogP contribution in [0.3, 0.4) is 0 Å². The van der Waals surface area contributed by atoms with Crippen molar-refractivity contribution in [2.75, 3.05) is 52.9 Å². The van der Waals surface area contributed by atoms with E-state index in [4.69, 9.17) is 23.7 Å². The number of methoxy groups -OCH3 is 5. The van der Waals surface area contributed by atoms with E-state index >= 15 is 0 Å². The van der Waals surface area contributed by atoms with E-state index in [1.807, 2.05) is 13.8 Å². The molecule has 3 rings (SSSR count). The molecule has 1 N–H and O–H groups in total. The highest BCUT2D eigenvalue weighted by molar-refractivity contribution is 7.92. The lowest BCUT2D eigenvalue weighted by atomic mass is 10.1. The molecule has 0 aliphatic rings. The summed E-state index contributed by atoms with van der Waals surface area (Å²) in [7, 11) is 2.74. The highest BCUT2D eigenvalue weighted by atomic mass is 32.2. The molecule has 250 valence electrons. The van der Waals surface area contributed by atoms with Gasteiger partial charge in [-0.25, -0.2) is 8.42 Å². The van der Waals surface area contributed by atoms with Crippen molar-refractivity contribution in [2.45, 2.75) is 38.3 Å². The van der Waals surface area contributed by atoms with Crippen molar-refractivity contribution in [2.24, 2.45) is 5.92 Å². The van der Waals surface area contributed by atoms with Gasteiger partial charge < -0.3 is 33.9 Å². The summed E-state index contributed by atoms with van der Waals surface area (Å²) in [5.74, 6) is 0.769. The lowest BCUT2D eigenvalue weighted by molar-refractivity contribution is -0.139. The third-order valence-corrected chi connectivity index (χ3v) is 8.97. The first-order chi connectivity index (χ1) is 21.9. The molecule has 0 unspecified atom stereocenters. The molecule has 0 saturated carbocycles. The predicted octanol–water partition coefficient (Wildman–Crippen LogP) is 4.11. The molecule has 3 aromatic rings. The summed E-state index contributed by atoms with van der Waals surface area (Å²) in [6.45, 7) is 5.26. The molecule has 1 atom stereocenters. The number of ether oxygens (including phenoxy) is 5. The second-order valence-corrected chi connectivity index (χ2v) is 12.6. The van der Waals surface area contributed by atoms with Gasteiger partial charge in [0.25, 0.3) is 10.0 Å². The third-order valence-electron chi connectivity index (χ3n) is 7.22. The van der Waals surface area contributed by atoms with Gasteiger partial charge in [0, 0.05) is 25.2 Å². The van der Waals surface area contributed by atoms with Crippen LogP contribution in [0.1, 0.15) is 26.3 Å². The fourth-order valence-corrected chi connectivity index (χ4v) is 6.04. The van der Waals surface area contributed by atoms with Gasteiger partial charge in [-0.3, -0.25) is 13.9 Å². The van der Waals surface area contributed by atoms with Crippen molar-refractivity contribution >= 4 is 27.5 Å². The minimum Gasteiger partial charge on any atom is -0.497 e. The normalized spacial score (nSPS) is 11.8. The van der Waals surface area contributed by atoms with Crippen molar-refractivity contribution in [3.05, 3.63) is 66.2 Å². The van der Waals surface area contributed by atoms with Crippen molar-refractivity contribution < 1.29 is 41.7 Å². The zero-order valence-electron chi connectivity index (χ0n) is 27.5. The molecule has 0 heterocycles. The minimum absolute atomic E-state index is 0.00574. The molecule has 0 aliphatic carbocycles. The standard InChI is InChI=1S/C33H43N3O9S/c1-22(2)19-34-33(38)23(3)35(20-24-10-9-11-25(16-24)41-4)32(37)21-36(28-17-26(42-5)12-14-29(28)43-6)46(39,40)27-13-15-30(44-7)31(18-27)45-8/h9-18,22-23H,19-21H2,1-8H3,(H,34,38)/t23-/m1/s1. The number of carbonyl (C=O) groups is 2. The Labute approximate surface area is 271 Å². The van der Waals surface area contributed by atoms with E-state index in [-0.39, 0.29) is 40.5 Å². The zero-order valence-corrected chi connectivity index (χ0v) is 28.3. The number of carbonyl (C=O) groups excluding carboxylic acids is 2. The molecule has 3 aromatic carbocycles. The van der Waals surface area contributed by atoms with Gasteiger partial charge in [0.15, 0.2) is 11.5 Å². The Hall–Kier alpha value is -4.65. The van der Waals surface area contributed by atoms with Crippen molar-refractivity contribution in [1.82, 2.24) is 10.2 Å². The molecule has 0 spiro atoms. The number of rotatable bonds is 16. The number of hydrogen-bond donors (Lipinski definition) is 1. The second-order valence-electron chi connectivity index (χ2n) is 10.8. The summed E-state index contributed by atoms with van der Waals surface area (Å²) in [6, 6.07) is 14.9. The maximum atomic E-state index is 14.4. The molecule has 46 heavy (non-hydrogen) atoms. The maximum absolute atomic E-state index is 14.4. The lowest BCUT2D eigenvalue weighted by Crippen LogP contribution is -2.51. The van der Waals surface area contributed by atoms with E-state index in [0.29, 0.717) is 29.4 Å². The molecule has 0 bridgehead atoms. The largest absolute Gasteiger partial charge is 0.497 e. The fraction of sp³-hybridized carbons (Fsp3) is 0.394. The lowest BCUT2D eigenvalue weighted by Gasteiger charge is -2.32. The van der Waals surface area contributed by atoms with Crippen LogP contribution in [0.15, 0.2) is 65.6 Å². The highest BCUT2D eigenvalue weighted by Gasteiger charge is 2.34. The summed E-state index contributed by atoms with van der Waals surface area (Å²) in [4.78, 5) is 28.8. The Kier molecular flexibility index (Phi) is 12.5. The molecule has 0 fully saturated rings. The predicted molar refractivity (Wildman–Crippen MR) is 174 cm³/mol. The van der Waals surface area contributed by atoms with Gasteiger partial charge >= 0.3 is 0 Å². The van der Waals surface area contributed by atoms with Crippen molar-refractivity contribution in [3.63, 3.8) is 0 Å². The number of nitrogens with one attached hydrogen (secondary N) is 1. The van der Waals surface area contributed by atoms with Gasteiger partial charge in [-0.15, -0.1) is 0 Å². The average molecular weight is 658 g/mol. The van der Waals surface area contributed by atoms with Gasteiger partial charge in [0.05, 0.1) is 46.1 Å². The van der Waals surface area contributed by atoms with Gasteiger partial charge in [-0.2, -0.15) is 0 Å². The molecule has 13 heteroatoms. The number of amides is 2. The number of sulfonamides is 1. The van der Waals surface area contributed by atoms with Gasteiger partial charge in [-0.1, -0.05) is 26.0 Å². The fourth-order valence-electron chi connectivity index (χ4n) is 4.61. The van der Waals surface area contributed by atoms with Crippen LogP contribution in [0.4, 0.5) is 5.69 Å². The van der Waals surface area contributed by atoms with Crippen LogP contribution in [0.25, 0.3) is 0 Å². The van der Waals surface area contributed by atoms with Crippen molar-refractivity contribution in [1.29, 1.82) is 0 Å². The number of hydrogen-bond acceptors (Lipinski definition) is 9. The van der Waals surface area contributed by atoms with Crippen LogP contribution in [0, 0.1) is 5.92 Å². The Morgan fingerprint density at radius 1 is 0.761 bits per heavy atom. The van der Waals surface area contributed by atoms with E-state index in [0.717, 1.165) is 4.31 Å². The summed E-state index contributed by atoms with van der Waals surface area (Å²) < 4.78 is 56.7. The van der Waals surface area contributed by atoms with Gasteiger partial charge in [0.1, 0.15) is 29.8 Å². The Morgan fingerprint density at radius 3 is 2.00 bits per heavy atom. The summed E-state index contributed by atoms with van der Waals surface area (Å²) in [6.07, 6.45) is 0. The van der Waals surface area contributed by atoms with Crippen LogP contribution in [-0.4, -0.2) is 79.8 Å². The van der Waals surface area contributed by atoms with Crippen molar-refractivity contribution in [3.8, 4) is 28.7 Å². The topological polar surface area (TPSA) is 133 Å². The highest BCUT2D eigenvalue weighted by Crippen LogP contribution is 2.38. The number of anilines is 1. The SMILES string of the molecule is COc1cccc(CN(C(=O)CN(c2cc(OC)ccc2OC)S(=O)(=O)c2ccc(OC)c(OC)c2)[C@H](C)C(=O)NCC(C)C)c1. The van der Waals surface area contributed by atoms with E-state index < -0.39 is 28.5 Å². The molecule has 0 aromatic heterocycles. The molecule has 0 aliphatic heterocycles. The molecular weight excluding hydrogens is 614 g/mol. The Bertz CT molecular complexity index is 1610. The first-order valence-electron chi connectivity index (χ1n) is 14.6. The number of benzene rings is 3. The van der Waals surface area contributed by atoms with E-state index in [9.17, 15) is 18.0 Å². The molecule has 2 amide bonds.